The largest absolute Gasteiger partial charge is 0.507 e. The third kappa shape index (κ3) is 5.21. The van der Waals surface area contributed by atoms with Gasteiger partial charge in [-0.25, -0.2) is 4.79 Å². The zero-order valence-electron chi connectivity index (χ0n) is 11.2. The Labute approximate surface area is 112 Å². The number of carbonyl (C=O) groups excluding carboxylic acids is 1. The van der Waals surface area contributed by atoms with E-state index in [1.54, 1.807) is 20.8 Å². The van der Waals surface area contributed by atoms with Crippen molar-refractivity contribution < 1.29 is 19.7 Å². The topological polar surface area (TPSA) is 78.8 Å². The molecular weight excluding hydrogens is 246 g/mol. The lowest BCUT2D eigenvalue weighted by molar-refractivity contribution is 0.0535. The summed E-state index contributed by atoms with van der Waals surface area (Å²) >= 11 is 0. The van der Waals surface area contributed by atoms with E-state index in [1.807, 2.05) is 0 Å². The van der Waals surface area contributed by atoms with Gasteiger partial charge in [0.25, 0.3) is 0 Å². The number of hydrogen-bond acceptors (Lipinski definition) is 4. The molecule has 102 valence electrons. The maximum atomic E-state index is 11.3. The van der Waals surface area contributed by atoms with Gasteiger partial charge in [-0.2, -0.15) is 0 Å². The van der Waals surface area contributed by atoms with E-state index in [-0.39, 0.29) is 23.6 Å². The van der Waals surface area contributed by atoms with Crippen LogP contribution in [0, 0.1) is 11.8 Å². The van der Waals surface area contributed by atoms with Crippen molar-refractivity contribution in [3.8, 4) is 23.3 Å². The van der Waals surface area contributed by atoms with Gasteiger partial charge in [0.2, 0.25) is 0 Å². The lowest BCUT2D eigenvalue weighted by Gasteiger charge is -2.19. The van der Waals surface area contributed by atoms with Gasteiger partial charge in [0.1, 0.15) is 22.7 Å². The standard InChI is InChI=1S/C14H17NO4/c1-14(2,3)19-13(18)15-9-5-6-10-11(16)7-4-8-12(10)17/h4,7-8,16-17H,9H2,1-3H3,(H,15,18). The van der Waals surface area contributed by atoms with Crippen molar-refractivity contribution in [2.75, 3.05) is 6.54 Å². The number of ether oxygens (including phenoxy) is 1. The van der Waals surface area contributed by atoms with Crippen LogP contribution in [0.15, 0.2) is 18.2 Å². The summed E-state index contributed by atoms with van der Waals surface area (Å²) in [5, 5.41) is 21.4. The number of nitrogens with one attached hydrogen (secondary N) is 1. The van der Waals surface area contributed by atoms with Crippen LogP contribution in [0.1, 0.15) is 26.3 Å². The summed E-state index contributed by atoms with van der Waals surface area (Å²) in [4.78, 5) is 11.3. The lowest BCUT2D eigenvalue weighted by atomic mass is 10.2. The summed E-state index contributed by atoms with van der Waals surface area (Å²) < 4.78 is 5.02. The molecule has 19 heavy (non-hydrogen) atoms. The predicted molar refractivity (Wildman–Crippen MR) is 70.9 cm³/mol. The van der Waals surface area contributed by atoms with Gasteiger partial charge in [0.05, 0.1) is 6.54 Å². The first-order chi connectivity index (χ1) is 8.79. The molecule has 0 saturated carbocycles. The molecule has 0 spiro atoms. The molecule has 0 fully saturated rings. The molecule has 1 aromatic rings. The fourth-order valence-corrected chi connectivity index (χ4v) is 1.22. The third-order valence-corrected chi connectivity index (χ3v) is 1.95. The second kappa shape index (κ2) is 6.01. The average Bonchev–Trinajstić information content (AvgIpc) is 2.25. The Balaban J connectivity index is 2.55. The molecule has 1 amide bonds. The van der Waals surface area contributed by atoms with Gasteiger partial charge in [-0.3, -0.25) is 0 Å². The number of aromatic hydroxyl groups is 2. The molecule has 0 aliphatic carbocycles. The number of amides is 1. The molecule has 0 aromatic heterocycles. The van der Waals surface area contributed by atoms with Gasteiger partial charge in [0.15, 0.2) is 0 Å². The first-order valence-corrected chi connectivity index (χ1v) is 5.76. The van der Waals surface area contributed by atoms with Gasteiger partial charge in [0, 0.05) is 0 Å². The zero-order chi connectivity index (χ0) is 14.5. The Bertz CT molecular complexity index is 500. The van der Waals surface area contributed by atoms with Crippen molar-refractivity contribution in [1.82, 2.24) is 5.32 Å². The van der Waals surface area contributed by atoms with E-state index in [2.05, 4.69) is 17.2 Å². The summed E-state index contributed by atoms with van der Waals surface area (Å²) in [6.45, 7) is 5.34. The Morgan fingerprint density at radius 1 is 1.32 bits per heavy atom. The maximum absolute atomic E-state index is 11.3. The van der Waals surface area contributed by atoms with E-state index in [1.165, 1.54) is 18.2 Å². The van der Waals surface area contributed by atoms with E-state index in [4.69, 9.17) is 4.74 Å². The SMILES string of the molecule is CC(C)(C)OC(=O)NCC#Cc1c(O)cccc1O. The van der Waals surface area contributed by atoms with Gasteiger partial charge in [-0.1, -0.05) is 17.9 Å². The number of phenolic OH excluding ortho intramolecular Hbond substituents is 2. The third-order valence-electron chi connectivity index (χ3n) is 1.95. The highest BCUT2D eigenvalue weighted by atomic mass is 16.6. The minimum absolute atomic E-state index is 0.0582. The van der Waals surface area contributed by atoms with E-state index < -0.39 is 11.7 Å². The number of phenols is 2. The molecule has 0 aliphatic heterocycles. The second-order valence-electron chi connectivity index (χ2n) is 4.83. The molecule has 0 unspecified atom stereocenters. The zero-order valence-corrected chi connectivity index (χ0v) is 11.2. The monoisotopic (exact) mass is 263 g/mol. The van der Waals surface area contributed by atoms with Crippen molar-refractivity contribution in [3.63, 3.8) is 0 Å². The summed E-state index contributed by atoms with van der Waals surface area (Å²) in [6.07, 6.45) is -0.566. The number of hydrogen-bond donors (Lipinski definition) is 3. The lowest BCUT2D eigenvalue weighted by Crippen LogP contribution is -2.32. The van der Waals surface area contributed by atoms with Crippen molar-refractivity contribution >= 4 is 6.09 Å². The fourth-order valence-electron chi connectivity index (χ4n) is 1.22. The van der Waals surface area contributed by atoms with E-state index in [0.29, 0.717) is 0 Å². The van der Waals surface area contributed by atoms with E-state index in [9.17, 15) is 15.0 Å². The van der Waals surface area contributed by atoms with Crippen LogP contribution in [0.3, 0.4) is 0 Å². The van der Waals surface area contributed by atoms with Crippen LogP contribution >= 0.6 is 0 Å². The highest BCUT2D eigenvalue weighted by Crippen LogP contribution is 2.24. The quantitative estimate of drug-likeness (QED) is 0.677. The van der Waals surface area contributed by atoms with Crippen LogP contribution in [-0.2, 0) is 4.74 Å². The van der Waals surface area contributed by atoms with Gasteiger partial charge < -0.3 is 20.3 Å². The second-order valence-corrected chi connectivity index (χ2v) is 4.83. The summed E-state index contributed by atoms with van der Waals surface area (Å²) in [6, 6.07) is 4.35. The molecule has 0 saturated heterocycles. The average molecular weight is 263 g/mol. The summed E-state index contributed by atoms with van der Waals surface area (Å²) in [7, 11) is 0. The number of alkyl carbamates (subject to hydrolysis) is 1. The van der Waals surface area contributed by atoms with Crippen LogP contribution in [0.5, 0.6) is 11.5 Å². The normalized spacial score (nSPS) is 10.3. The van der Waals surface area contributed by atoms with Gasteiger partial charge in [-0.15, -0.1) is 0 Å². The highest BCUT2D eigenvalue weighted by Gasteiger charge is 2.15. The smallest absolute Gasteiger partial charge is 0.408 e. The first kappa shape index (κ1) is 14.7. The molecule has 0 radical (unpaired) electrons. The van der Waals surface area contributed by atoms with Crippen LogP contribution in [0.2, 0.25) is 0 Å². The molecule has 0 atom stereocenters. The van der Waals surface area contributed by atoms with Crippen molar-refractivity contribution in [1.29, 1.82) is 0 Å². The Kier molecular flexibility index (Phi) is 4.65. The highest BCUT2D eigenvalue weighted by molar-refractivity contribution is 5.68. The first-order valence-electron chi connectivity index (χ1n) is 5.76. The van der Waals surface area contributed by atoms with Crippen LogP contribution in [-0.4, -0.2) is 28.5 Å². The van der Waals surface area contributed by atoms with Crippen LogP contribution < -0.4 is 5.32 Å². The number of benzene rings is 1. The Morgan fingerprint density at radius 3 is 2.42 bits per heavy atom. The van der Waals surface area contributed by atoms with Crippen LogP contribution in [0.4, 0.5) is 4.79 Å². The maximum Gasteiger partial charge on any atom is 0.408 e. The minimum atomic E-state index is -0.566. The summed E-state index contributed by atoms with van der Waals surface area (Å²) in [5.74, 6) is 4.98. The Hall–Kier alpha value is -2.35. The molecule has 0 bridgehead atoms. The fraction of sp³-hybridized carbons (Fsp3) is 0.357. The number of carbonyl (C=O) groups is 1. The number of rotatable bonds is 1. The molecular formula is C14H17NO4. The van der Waals surface area contributed by atoms with Gasteiger partial charge >= 0.3 is 6.09 Å². The van der Waals surface area contributed by atoms with Crippen molar-refractivity contribution in [3.05, 3.63) is 23.8 Å². The van der Waals surface area contributed by atoms with Crippen molar-refractivity contribution in [2.24, 2.45) is 0 Å². The molecule has 3 N–H and O–H groups in total. The molecule has 1 rings (SSSR count). The predicted octanol–water partition coefficient (Wildman–Crippen LogP) is 1.97. The Morgan fingerprint density at radius 2 is 1.89 bits per heavy atom. The molecule has 5 heteroatoms. The van der Waals surface area contributed by atoms with E-state index >= 15 is 0 Å². The summed E-state index contributed by atoms with van der Waals surface area (Å²) in [5.41, 5.74) is -0.429. The minimum Gasteiger partial charge on any atom is -0.507 e. The molecule has 0 heterocycles. The van der Waals surface area contributed by atoms with Crippen molar-refractivity contribution in [2.45, 2.75) is 26.4 Å². The molecule has 1 aromatic carbocycles. The van der Waals surface area contributed by atoms with Crippen LogP contribution in [0.25, 0.3) is 0 Å². The van der Waals surface area contributed by atoms with E-state index in [0.717, 1.165) is 0 Å². The molecule has 5 nitrogen and oxygen atoms in total. The molecule has 0 aliphatic rings. The van der Waals surface area contributed by atoms with Gasteiger partial charge in [-0.05, 0) is 32.9 Å².